The number of hydrogen-bond acceptors (Lipinski definition) is 6. The second-order valence-electron chi connectivity index (χ2n) is 7.51. The average molecular weight is 515 g/mol. The predicted octanol–water partition coefficient (Wildman–Crippen LogP) is 5.57. The van der Waals surface area contributed by atoms with Gasteiger partial charge < -0.3 is 4.84 Å². The molecule has 0 spiro atoms. The minimum absolute atomic E-state index is 0.0170. The Balaban J connectivity index is 1.75. The number of aromatic nitrogens is 3. The zero-order valence-electron chi connectivity index (χ0n) is 18.3. The third kappa shape index (κ3) is 5.14. The van der Waals surface area contributed by atoms with Gasteiger partial charge in [-0.3, -0.25) is 0 Å². The van der Waals surface area contributed by atoms with E-state index >= 15 is 0 Å². The van der Waals surface area contributed by atoms with Gasteiger partial charge in [0.15, 0.2) is 5.03 Å². The second kappa shape index (κ2) is 9.97. The number of benzene rings is 2. The van der Waals surface area contributed by atoms with E-state index in [4.69, 9.17) is 28.0 Å². The zero-order valence-corrected chi connectivity index (χ0v) is 20.6. The molecule has 174 valence electrons. The van der Waals surface area contributed by atoms with E-state index in [9.17, 15) is 8.42 Å². The van der Waals surface area contributed by atoms with Gasteiger partial charge in [-0.05, 0) is 56.3 Å². The van der Waals surface area contributed by atoms with Crippen molar-refractivity contribution < 1.29 is 13.3 Å². The zero-order chi connectivity index (χ0) is 24.3. The number of sulfone groups is 1. The molecule has 10 heteroatoms. The maximum atomic E-state index is 13.7. The Morgan fingerprint density at radius 3 is 2.35 bits per heavy atom. The summed E-state index contributed by atoms with van der Waals surface area (Å²) >= 11 is 11.8. The van der Waals surface area contributed by atoms with E-state index < -0.39 is 9.84 Å². The van der Waals surface area contributed by atoms with E-state index in [0.29, 0.717) is 27.1 Å². The summed E-state index contributed by atoms with van der Waals surface area (Å²) < 4.78 is 28.8. The normalized spacial score (nSPS) is 11.8. The number of pyridine rings is 1. The van der Waals surface area contributed by atoms with E-state index in [2.05, 4.69) is 15.2 Å². The van der Waals surface area contributed by atoms with Crippen LogP contribution in [0.25, 0.3) is 5.69 Å². The van der Waals surface area contributed by atoms with Gasteiger partial charge in [-0.1, -0.05) is 52.1 Å². The van der Waals surface area contributed by atoms with Crippen LogP contribution in [0, 0.1) is 13.8 Å². The molecule has 0 amide bonds. The van der Waals surface area contributed by atoms with Crippen molar-refractivity contribution in [3.63, 3.8) is 0 Å². The lowest BCUT2D eigenvalue weighted by Gasteiger charge is -2.10. The summed E-state index contributed by atoms with van der Waals surface area (Å²) in [6, 6.07) is 16.8. The summed E-state index contributed by atoms with van der Waals surface area (Å²) in [7, 11) is -3.95. The van der Waals surface area contributed by atoms with Crippen LogP contribution in [-0.2, 0) is 21.3 Å². The Morgan fingerprint density at radius 2 is 1.71 bits per heavy atom. The molecule has 7 nitrogen and oxygen atoms in total. The largest absolute Gasteiger partial charge is 0.391 e. The predicted molar refractivity (Wildman–Crippen MR) is 132 cm³/mol. The molecule has 0 unspecified atom stereocenters. The molecule has 0 bridgehead atoms. The highest BCUT2D eigenvalue weighted by Gasteiger charge is 2.29. The summed E-state index contributed by atoms with van der Waals surface area (Å²) in [5, 5.41) is 9.38. The molecule has 2 aromatic carbocycles. The number of rotatable bonds is 7. The standard InChI is InChI=1S/C24H20Cl2N4O3S/c1-16-3-10-21(11-4-16)34(31,32)24-22(14-28-33-15-18-5-12-23(26)27-13-18)17(2)29-30(24)20-8-6-19(25)7-9-20/h3-14H,15H2,1-2H3/b28-14+. The van der Waals surface area contributed by atoms with E-state index in [0.717, 1.165) is 11.1 Å². The average Bonchev–Trinajstić information content (AvgIpc) is 3.15. The Labute approximate surface area is 207 Å². The highest BCUT2D eigenvalue weighted by Crippen LogP contribution is 2.29. The third-order valence-corrected chi connectivity index (χ3v) is 7.27. The topological polar surface area (TPSA) is 86.4 Å². The van der Waals surface area contributed by atoms with Crippen LogP contribution in [0.15, 0.2) is 81.9 Å². The molecular formula is C24H20Cl2N4O3S. The molecule has 0 aliphatic rings. The van der Waals surface area contributed by atoms with E-state index in [1.807, 2.05) is 6.92 Å². The fraction of sp³-hybridized carbons (Fsp3) is 0.125. The van der Waals surface area contributed by atoms with Crippen molar-refractivity contribution in [2.75, 3.05) is 0 Å². The van der Waals surface area contributed by atoms with Crippen molar-refractivity contribution in [3.05, 3.63) is 99.4 Å². The maximum Gasteiger partial charge on any atom is 0.224 e. The molecule has 4 rings (SSSR count). The van der Waals surface area contributed by atoms with Crippen LogP contribution in [0.4, 0.5) is 0 Å². The van der Waals surface area contributed by atoms with Crippen LogP contribution in [0.3, 0.4) is 0 Å². The SMILES string of the molecule is Cc1ccc(S(=O)(=O)c2c(/C=N/OCc3ccc(Cl)nc3)c(C)nn2-c2ccc(Cl)cc2)cc1. The van der Waals surface area contributed by atoms with Crippen LogP contribution < -0.4 is 0 Å². The molecule has 0 atom stereocenters. The van der Waals surface area contributed by atoms with Crippen molar-refractivity contribution in [2.45, 2.75) is 30.4 Å². The van der Waals surface area contributed by atoms with E-state index in [1.165, 1.54) is 10.9 Å². The van der Waals surface area contributed by atoms with Crippen molar-refractivity contribution in [1.82, 2.24) is 14.8 Å². The van der Waals surface area contributed by atoms with Crippen molar-refractivity contribution >= 4 is 39.3 Å². The highest BCUT2D eigenvalue weighted by molar-refractivity contribution is 7.91. The van der Waals surface area contributed by atoms with Gasteiger partial charge in [-0.2, -0.15) is 5.10 Å². The van der Waals surface area contributed by atoms with Crippen molar-refractivity contribution in [3.8, 4) is 5.69 Å². The van der Waals surface area contributed by atoms with Gasteiger partial charge in [0.25, 0.3) is 0 Å². The lowest BCUT2D eigenvalue weighted by atomic mass is 10.2. The van der Waals surface area contributed by atoms with Gasteiger partial charge in [-0.15, -0.1) is 0 Å². The van der Waals surface area contributed by atoms with Gasteiger partial charge in [-0.25, -0.2) is 18.1 Å². The van der Waals surface area contributed by atoms with Gasteiger partial charge in [0.05, 0.1) is 28.1 Å². The Bertz CT molecular complexity index is 1430. The van der Waals surface area contributed by atoms with Gasteiger partial charge in [0.1, 0.15) is 11.8 Å². The Hall–Kier alpha value is -3.20. The molecule has 0 aliphatic heterocycles. The van der Waals surface area contributed by atoms with Crippen molar-refractivity contribution in [2.24, 2.45) is 5.16 Å². The van der Waals surface area contributed by atoms with Crippen LogP contribution in [-0.4, -0.2) is 29.4 Å². The molecular weight excluding hydrogens is 495 g/mol. The highest BCUT2D eigenvalue weighted by atomic mass is 35.5. The fourth-order valence-electron chi connectivity index (χ4n) is 3.21. The van der Waals surface area contributed by atoms with Gasteiger partial charge >= 0.3 is 0 Å². The second-order valence-corrected chi connectivity index (χ2v) is 10.2. The van der Waals surface area contributed by atoms with E-state index in [-0.39, 0.29) is 16.5 Å². The molecule has 34 heavy (non-hydrogen) atoms. The molecule has 0 radical (unpaired) electrons. The van der Waals surface area contributed by atoms with Gasteiger partial charge in [0.2, 0.25) is 9.84 Å². The molecule has 0 N–H and O–H groups in total. The van der Waals surface area contributed by atoms with Crippen LogP contribution in [0.5, 0.6) is 0 Å². The van der Waals surface area contributed by atoms with Crippen LogP contribution in [0.1, 0.15) is 22.4 Å². The first-order valence-electron chi connectivity index (χ1n) is 10.2. The quantitative estimate of drug-likeness (QED) is 0.182. The Kier molecular flexibility index (Phi) is 7.02. The van der Waals surface area contributed by atoms with Crippen molar-refractivity contribution in [1.29, 1.82) is 0 Å². The van der Waals surface area contributed by atoms with Crippen LogP contribution in [0.2, 0.25) is 10.2 Å². The monoisotopic (exact) mass is 514 g/mol. The lowest BCUT2D eigenvalue weighted by molar-refractivity contribution is 0.132. The summed E-state index contributed by atoms with van der Waals surface area (Å²) in [5.41, 5.74) is 3.06. The lowest BCUT2D eigenvalue weighted by Crippen LogP contribution is -2.12. The summed E-state index contributed by atoms with van der Waals surface area (Å²) in [6.45, 7) is 3.75. The minimum atomic E-state index is -3.95. The molecule has 0 saturated carbocycles. The first-order valence-corrected chi connectivity index (χ1v) is 12.4. The molecule has 2 aromatic heterocycles. The molecule has 4 aromatic rings. The summed E-state index contributed by atoms with van der Waals surface area (Å²) in [5.74, 6) is 0. The molecule has 0 aliphatic carbocycles. The summed E-state index contributed by atoms with van der Waals surface area (Å²) in [6.07, 6.45) is 2.94. The molecule has 2 heterocycles. The minimum Gasteiger partial charge on any atom is -0.391 e. The number of halogens is 2. The third-order valence-electron chi connectivity index (χ3n) is 5.00. The van der Waals surface area contributed by atoms with Crippen LogP contribution >= 0.6 is 23.2 Å². The number of oxime groups is 1. The van der Waals surface area contributed by atoms with Gasteiger partial charge in [0, 0.05) is 16.8 Å². The first-order chi connectivity index (χ1) is 16.3. The smallest absolute Gasteiger partial charge is 0.224 e. The number of hydrogen-bond donors (Lipinski definition) is 0. The Morgan fingerprint density at radius 1 is 1.00 bits per heavy atom. The van der Waals surface area contributed by atoms with E-state index in [1.54, 1.807) is 73.8 Å². The number of aryl methyl sites for hydroxylation is 2. The summed E-state index contributed by atoms with van der Waals surface area (Å²) in [4.78, 5) is 9.52. The first kappa shape index (κ1) is 23.9. The molecule has 0 saturated heterocycles. The fourth-order valence-corrected chi connectivity index (χ4v) is 5.02. The molecule has 0 fully saturated rings. The maximum absolute atomic E-state index is 13.7. The number of nitrogens with zero attached hydrogens (tertiary/aromatic N) is 4.